The standard InChI is InChI=1S/C15H21NO4S/c1-4-16(9-12-5-6-12)21(19,20)14-8-13(15(17)18)10(2)7-11(14)3/h7-8,12H,4-6,9H2,1-3H3,(H,17,18). The zero-order chi connectivity index (χ0) is 15.8. The van der Waals surface area contributed by atoms with E-state index in [4.69, 9.17) is 0 Å². The minimum Gasteiger partial charge on any atom is -0.478 e. The first kappa shape index (κ1) is 16.0. The van der Waals surface area contributed by atoms with Gasteiger partial charge < -0.3 is 5.11 Å². The Bertz CT molecular complexity index is 662. The minimum atomic E-state index is -3.64. The van der Waals surface area contributed by atoms with Crippen LogP contribution in [-0.4, -0.2) is 36.9 Å². The average Bonchev–Trinajstić information content (AvgIpc) is 3.18. The largest absolute Gasteiger partial charge is 0.478 e. The zero-order valence-corrected chi connectivity index (χ0v) is 13.4. The Labute approximate surface area is 125 Å². The monoisotopic (exact) mass is 311 g/mol. The van der Waals surface area contributed by atoms with E-state index in [0.717, 1.165) is 12.8 Å². The summed E-state index contributed by atoms with van der Waals surface area (Å²) in [5.41, 5.74) is 1.21. The normalized spacial score (nSPS) is 15.4. The van der Waals surface area contributed by atoms with E-state index in [1.165, 1.54) is 10.4 Å². The van der Waals surface area contributed by atoms with Crippen LogP contribution in [-0.2, 0) is 10.0 Å². The molecule has 1 saturated carbocycles. The number of aryl methyl sites for hydroxylation is 2. The molecule has 0 aliphatic heterocycles. The number of carbonyl (C=O) groups is 1. The van der Waals surface area contributed by atoms with Crippen molar-refractivity contribution in [1.29, 1.82) is 0 Å². The molecule has 6 heteroatoms. The maximum Gasteiger partial charge on any atom is 0.335 e. The zero-order valence-electron chi connectivity index (χ0n) is 12.6. The Morgan fingerprint density at radius 2 is 1.90 bits per heavy atom. The van der Waals surface area contributed by atoms with Gasteiger partial charge in [0, 0.05) is 13.1 Å². The van der Waals surface area contributed by atoms with E-state index in [9.17, 15) is 18.3 Å². The second-order valence-corrected chi connectivity index (χ2v) is 7.54. The molecular weight excluding hydrogens is 290 g/mol. The molecule has 1 aliphatic carbocycles. The Kier molecular flexibility index (Phi) is 4.39. The van der Waals surface area contributed by atoms with Crippen LogP contribution in [0.4, 0.5) is 0 Å². The number of aromatic carboxylic acids is 1. The third-order valence-electron chi connectivity index (χ3n) is 3.88. The van der Waals surface area contributed by atoms with Crippen LogP contribution in [0.5, 0.6) is 0 Å². The molecule has 1 aromatic rings. The van der Waals surface area contributed by atoms with Crippen molar-refractivity contribution in [3.8, 4) is 0 Å². The minimum absolute atomic E-state index is 0.0432. The van der Waals surface area contributed by atoms with Gasteiger partial charge in [0.2, 0.25) is 10.0 Å². The van der Waals surface area contributed by atoms with Crippen molar-refractivity contribution < 1.29 is 18.3 Å². The predicted molar refractivity (Wildman–Crippen MR) is 80.0 cm³/mol. The highest BCUT2D eigenvalue weighted by molar-refractivity contribution is 7.89. The van der Waals surface area contributed by atoms with Gasteiger partial charge in [-0.2, -0.15) is 4.31 Å². The van der Waals surface area contributed by atoms with Gasteiger partial charge in [-0.3, -0.25) is 0 Å². The summed E-state index contributed by atoms with van der Waals surface area (Å²) in [6, 6.07) is 2.92. The lowest BCUT2D eigenvalue weighted by atomic mass is 10.1. The van der Waals surface area contributed by atoms with E-state index >= 15 is 0 Å². The van der Waals surface area contributed by atoms with Crippen LogP contribution in [0.1, 0.15) is 41.3 Å². The second-order valence-electron chi connectivity index (χ2n) is 5.64. The fourth-order valence-electron chi connectivity index (χ4n) is 2.47. The van der Waals surface area contributed by atoms with E-state index < -0.39 is 16.0 Å². The second kappa shape index (κ2) is 5.77. The van der Waals surface area contributed by atoms with Crippen molar-refractivity contribution in [2.75, 3.05) is 13.1 Å². The van der Waals surface area contributed by atoms with Crippen LogP contribution >= 0.6 is 0 Å². The summed E-state index contributed by atoms with van der Waals surface area (Å²) in [4.78, 5) is 11.3. The highest BCUT2D eigenvalue weighted by Gasteiger charge is 2.32. The molecular formula is C15H21NO4S. The molecule has 116 valence electrons. The first-order valence-electron chi connectivity index (χ1n) is 7.12. The van der Waals surface area contributed by atoms with Crippen LogP contribution in [0.3, 0.4) is 0 Å². The van der Waals surface area contributed by atoms with Crippen molar-refractivity contribution in [1.82, 2.24) is 4.31 Å². The third-order valence-corrected chi connectivity index (χ3v) is 5.96. The molecule has 21 heavy (non-hydrogen) atoms. The molecule has 0 radical (unpaired) electrons. The summed E-state index contributed by atoms with van der Waals surface area (Å²) < 4.78 is 27.0. The Balaban J connectivity index is 2.47. The maximum absolute atomic E-state index is 12.8. The quantitative estimate of drug-likeness (QED) is 0.875. The van der Waals surface area contributed by atoms with Gasteiger partial charge in [-0.15, -0.1) is 0 Å². The van der Waals surface area contributed by atoms with E-state index in [1.807, 2.05) is 6.92 Å². The van der Waals surface area contributed by atoms with Crippen molar-refractivity contribution >= 4 is 16.0 Å². The molecule has 0 bridgehead atoms. The number of carboxylic acid groups (broad SMARTS) is 1. The number of hydrogen-bond acceptors (Lipinski definition) is 3. The summed E-state index contributed by atoms with van der Waals surface area (Å²) in [5.74, 6) is -0.654. The van der Waals surface area contributed by atoms with Gasteiger partial charge in [-0.25, -0.2) is 13.2 Å². The first-order valence-corrected chi connectivity index (χ1v) is 8.56. The lowest BCUT2D eigenvalue weighted by Crippen LogP contribution is -2.33. The number of benzene rings is 1. The van der Waals surface area contributed by atoms with Crippen molar-refractivity contribution in [2.45, 2.75) is 38.5 Å². The van der Waals surface area contributed by atoms with Crippen molar-refractivity contribution in [2.24, 2.45) is 5.92 Å². The van der Waals surface area contributed by atoms with Crippen LogP contribution in [0.2, 0.25) is 0 Å². The van der Waals surface area contributed by atoms with Gasteiger partial charge >= 0.3 is 5.97 Å². The molecule has 0 spiro atoms. The molecule has 5 nitrogen and oxygen atoms in total. The van der Waals surface area contributed by atoms with Crippen LogP contribution in [0.15, 0.2) is 17.0 Å². The Morgan fingerprint density at radius 3 is 2.38 bits per heavy atom. The molecule has 1 aliphatic rings. The van der Waals surface area contributed by atoms with Crippen LogP contribution < -0.4 is 0 Å². The third kappa shape index (κ3) is 3.27. The smallest absolute Gasteiger partial charge is 0.335 e. The highest BCUT2D eigenvalue weighted by Crippen LogP contribution is 2.32. The fraction of sp³-hybridized carbons (Fsp3) is 0.533. The van der Waals surface area contributed by atoms with Gasteiger partial charge in [-0.1, -0.05) is 13.0 Å². The van der Waals surface area contributed by atoms with Crippen LogP contribution in [0, 0.1) is 19.8 Å². The number of sulfonamides is 1. The summed E-state index contributed by atoms with van der Waals surface area (Å²) in [5, 5.41) is 9.19. The first-order chi connectivity index (χ1) is 9.77. The average molecular weight is 311 g/mol. The van der Waals surface area contributed by atoms with Crippen LogP contribution in [0.25, 0.3) is 0 Å². The Hall–Kier alpha value is -1.40. The fourth-order valence-corrected chi connectivity index (χ4v) is 4.22. The molecule has 0 unspecified atom stereocenters. The molecule has 0 amide bonds. The van der Waals surface area contributed by atoms with Gasteiger partial charge in [0.1, 0.15) is 0 Å². The molecule has 1 aromatic carbocycles. The number of rotatable bonds is 6. The Morgan fingerprint density at radius 1 is 1.29 bits per heavy atom. The van der Waals surface area contributed by atoms with Gasteiger partial charge in [-0.05, 0) is 49.8 Å². The van der Waals surface area contributed by atoms with E-state index in [0.29, 0.717) is 30.1 Å². The van der Waals surface area contributed by atoms with Gasteiger partial charge in [0.25, 0.3) is 0 Å². The van der Waals surface area contributed by atoms with Gasteiger partial charge in [0.05, 0.1) is 10.5 Å². The maximum atomic E-state index is 12.8. The predicted octanol–water partition coefficient (Wildman–Crippen LogP) is 2.42. The molecule has 2 rings (SSSR count). The van der Waals surface area contributed by atoms with Crippen molar-refractivity contribution in [3.63, 3.8) is 0 Å². The van der Waals surface area contributed by atoms with E-state index in [2.05, 4.69) is 0 Å². The number of carboxylic acids is 1. The lowest BCUT2D eigenvalue weighted by Gasteiger charge is -2.22. The molecule has 0 heterocycles. The van der Waals surface area contributed by atoms with E-state index in [1.54, 1.807) is 19.9 Å². The summed E-state index contributed by atoms with van der Waals surface area (Å²) in [6.45, 7) is 6.11. The number of nitrogens with zero attached hydrogens (tertiary/aromatic N) is 1. The highest BCUT2D eigenvalue weighted by atomic mass is 32.2. The molecule has 1 N–H and O–H groups in total. The lowest BCUT2D eigenvalue weighted by molar-refractivity contribution is 0.0696. The molecule has 0 atom stereocenters. The molecule has 0 saturated heterocycles. The van der Waals surface area contributed by atoms with E-state index in [-0.39, 0.29) is 10.5 Å². The molecule has 1 fully saturated rings. The number of hydrogen-bond donors (Lipinski definition) is 1. The summed E-state index contributed by atoms with van der Waals surface area (Å²) >= 11 is 0. The summed E-state index contributed by atoms with van der Waals surface area (Å²) in [6.07, 6.45) is 2.14. The van der Waals surface area contributed by atoms with Gasteiger partial charge in [0.15, 0.2) is 0 Å². The summed E-state index contributed by atoms with van der Waals surface area (Å²) in [7, 11) is -3.64. The topological polar surface area (TPSA) is 74.7 Å². The SMILES string of the molecule is CCN(CC1CC1)S(=O)(=O)c1cc(C(=O)O)c(C)cc1C. The molecule has 0 aromatic heterocycles. The van der Waals surface area contributed by atoms with Crippen molar-refractivity contribution in [3.05, 3.63) is 28.8 Å².